The Labute approximate surface area is 117 Å². The van der Waals surface area contributed by atoms with Gasteiger partial charge in [-0.05, 0) is 24.0 Å². The second-order valence-corrected chi connectivity index (χ2v) is 5.44. The maximum absolute atomic E-state index is 11.6. The van der Waals surface area contributed by atoms with E-state index in [-0.39, 0.29) is 11.7 Å². The van der Waals surface area contributed by atoms with Gasteiger partial charge >= 0.3 is 0 Å². The molecule has 1 N–H and O–H groups in total. The fraction of sp³-hybridized carbons (Fsp3) is 0.267. The number of hydrogen-bond acceptors (Lipinski definition) is 4. The Morgan fingerprint density at radius 3 is 2.58 bits per heavy atom. The lowest BCUT2D eigenvalue weighted by molar-refractivity contribution is -0.109. The lowest BCUT2D eigenvalue weighted by Crippen LogP contribution is -2.34. The number of methoxy groups -OCH3 is 1. The Hall–Kier alpha value is -1.68. The number of benzene rings is 1. The third kappa shape index (κ3) is 2.40. The third-order valence-electron chi connectivity index (χ3n) is 3.34. The third-order valence-corrected chi connectivity index (χ3v) is 4.51. The SMILES string of the molecule is COC1=CC(C=O)(SC)C(c2ccccc2)C=C1O. The molecule has 1 aromatic rings. The molecule has 3 nitrogen and oxygen atoms in total. The van der Waals surface area contributed by atoms with E-state index in [0.717, 1.165) is 11.8 Å². The first-order valence-electron chi connectivity index (χ1n) is 5.91. The van der Waals surface area contributed by atoms with Crippen LogP contribution in [0.15, 0.2) is 54.0 Å². The molecular formula is C15H16O3S. The monoisotopic (exact) mass is 276 g/mol. The van der Waals surface area contributed by atoms with Crippen LogP contribution in [-0.4, -0.2) is 29.5 Å². The summed E-state index contributed by atoms with van der Waals surface area (Å²) in [6, 6.07) is 9.68. The first-order valence-corrected chi connectivity index (χ1v) is 7.13. The molecule has 2 atom stereocenters. The van der Waals surface area contributed by atoms with Crippen LogP contribution in [0.3, 0.4) is 0 Å². The number of carbonyl (C=O) groups excluding carboxylic acids is 1. The van der Waals surface area contributed by atoms with Gasteiger partial charge in [0.05, 0.1) is 7.11 Å². The zero-order valence-electron chi connectivity index (χ0n) is 10.9. The predicted octanol–water partition coefficient (Wildman–Crippen LogP) is 3.06. The van der Waals surface area contributed by atoms with E-state index in [1.807, 2.05) is 36.6 Å². The van der Waals surface area contributed by atoms with Gasteiger partial charge in [0.15, 0.2) is 11.5 Å². The molecule has 0 radical (unpaired) electrons. The highest BCUT2D eigenvalue weighted by Crippen LogP contribution is 2.44. The van der Waals surface area contributed by atoms with Crippen molar-refractivity contribution in [1.29, 1.82) is 0 Å². The Bertz CT molecular complexity index is 521. The number of rotatable bonds is 4. The van der Waals surface area contributed by atoms with Crippen molar-refractivity contribution in [1.82, 2.24) is 0 Å². The summed E-state index contributed by atoms with van der Waals surface area (Å²) < 4.78 is 4.37. The van der Waals surface area contributed by atoms with E-state index in [1.54, 1.807) is 12.2 Å². The van der Waals surface area contributed by atoms with Crippen LogP contribution < -0.4 is 0 Å². The quantitative estimate of drug-likeness (QED) is 0.859. The van der Waals surface area contributed by atoms with E-state index < -0.39 is 4.75 Å². The molecule has 0 spiro atoms. The minimum absolute atomic E-state index is 0.0721. The van der Waals surface area contributed by atoms with E-state index in [2.05, 4.69) is 0 Å². The summed E-state index contributed by atoms with van der Waals surface area (Å²) in [5, 5.41) is 9.97. The Balaban J connectivity index is 2.53. The summed E-state index contributed by atoms with van der Waals surface area (Å²) in [4.78, 5) is 11.6. The fourth-order valence-corrected chi connectivity index (χ4v) is 3.04. The number of allylic oxidation sites excluding steroid dienone is 1. The topological polar surface area (TPSA) is 46.5 Å². The molecule has 0 saturated heterocycles. The molecule has 0 heterocycles. The zero-order chi connectivity index (χ0) is 13.9. The Kier molecular flexibility index (Phi) is 4.00. The first-order chi connectivity index (χ1) is 9.16. The first kappa shape index (κ1) is 13.7. The molecule has 100 valence electrons. The largest absolute Gasteiger partial charge is 0.504 e. The van der Waals surface area contributed by atoms with Crippen LogP contribution in [-0.2, 0) is 9.53 Å². The van der Waals surface area contributed by atoms with Crippen molar-refractivity contribution in [3.63, 3.8) is 0 Å². The van der Waals surface area contributed by atoms with Gasteiger partial charge in [0, 0.05) is 5.92 Å². The lowest BCUT2D eigenvalue weighted by atomic mass is 9.82. The molecule has 4 heteroatoms. The number of thioether (sulfide) groups is 1. The second kappa shape index (κ2) is 5.53. The molecule has 19 heavy (non-hydrogen) atoms. The molecule has 0 aromatic heterocycles. The molecule has 0 amide bonds. The van der Waals surface area contributed by atoms with Crippen molar-refractivity contribution in [3.8, 4) is 0 Å². The standard InChI is InChI=1S/C15H16O3S/c1-18-14-9-15(10-16,19-2)12(8-13(14)17)11-6-4-3-5-7-11/h3-10,12,17H,1-2H3. The number of ether oxygens (including phenoxy) is 1. The fourth-order valence-electron chi connectivity index (χ4n) is 2.26. The summed E-state index contributed by atoms with van der Waals surface area (Å²) in [6.07, 6.45) is 6.17. The zero-order valence-corrected chi connectivity index (χ0v) is 11.7. The van der Waals surface area contributed by atoms with Crippen LogP contribution in [0.25, 0.3) is 0 Å². The predicted molar refractivity (Wildman–Crippen MR) is 77.3 cm³/mol. The van der Waals surface area contributed by atoms with Crippen molar-refractivity contribution in [2.24, 2.45) is 0 Å². The Morgan fingerprint density at radius 1 is 1.37 bits per heavy atom. The van der Waals surface area contributed by atoms with Crippen LogP contribution in [0.5, 0.6) is 0 Å². The van der Waals surface area contributed by atoms with Gasteiger partial charge in [-0.15, -0.1) is 11.8 Å². The molecule has 2 rings (SSSR count). The van der Waals surface area contributed by atoms with E-state index in [9.17, 15) is 9.90 Å². The van der Waals surface area contributed by atoms with E-state index in [0.29, 0.717) is 5.76 Å². The second-order valence-electron chi connectivity index (χ2n) is 4.33. The van der Waals surface area contributed by atoms with Crippen LogP contribution >= 0.6 is 11.8 Å². The number of aliphatic hydroxyl groups excluding tert-OH is 1. The van der Waals surface area contributed by atoms with Crippen molar-refractivity contribution in [2.75, 3.05) is 13.4 Å². The smallest absolute Gasteiger partial charge is 0.158 e. The van der Waals surface area contributed by atoms with Gasteiger partial charge in [-0.2, -0.15) is 0 Å². The average Bonchev–Trinajstić information content (AvgIpc) is 2.48. The van der Waals surface area contributed by atoms with Crippen molar-refractivity contribution in [3.05, 3.63) is 59.6 Å². The van der Waals surface area contributed by atoms with Crippen LogP contribution in [0.1, 0.15) is 11.5 Å². The van der Waals surface area contributed by atoms with Gasteiger partial charge in [0.2, 0.25) is 0 Å². The lowest BCUT2D eigenvalue weighted by Gasteiger charge is -2.34. The van der Waals surface area contributed by atoms with Crippen LogP contribution in [0, 0.1) is 0 Å². The van der Waals surface area contributed by atoms with Crippen LogP contribution in [0.4, 0.5) is 0 Å². The summed E-state index contributed by atoms with van der Waals surface area (Å²) in [5.74, 6) is 0.205. The van der Waals surface area contributed by atoms with Gasteiger partial charge in [-0.25, -0.2) is 0 Å². The summed E-state index contributed by atoms with van der Waals surface area (Å²) in [5.41, 5.74) is 0.988. The van der Waals surface area contributed by atoms with Crippen molar-refractivity contribution >= 4 is 18.0 Å². The number of aliphatic hydroxyl groups is 1. The minimum atomic E-state index is -0.751. The molecule has 1 aliphatic rings. The maximum Gasteiger partial charge on any atom is 0.158 e. The van der Waals surface area contributed by atoms with Crippen molar-refractivity contribution in [2.45, 2.75) is 10.7 Å². The Morgan fingerprint density at radius 2 is 2.05 bits per heavy atom. The molecule has 1 aromatic carbocycles. The van der Waals surface area contributed by atoms with Crippen molar-refractivity contribution < 1.29 is 14.6 Å². The molecule has 1 aliphatic carbocycles. The highest BCUT2D eigenvalue weighted by Gasteiger charge is 2.40. The number of aldehydes is 1. The highest BCUT2D eigenvalue weighted by molar-refractivity contribution is 8.00. The van der Waals surface area contributed by atoms with Gasteiger partial charge in [0.25, 0.3) is 0 Å². The molecule has 2 unspecified atom stereocenters. The molecular weight excluding hydrogens is 260 g/mol. The maximum atomic E-state index is 11.6. The molecule has 0 bridgehead atoms. The van der Waals surface area contributed by atoms with Crippen LogP contribution in [0.2, 0.25) is 0 Å². The molecule has 0 fully saturated rings. The van der Waals surface area contributed by atoms with E-state index in [1.165, 1.54) is 18.9 Å². The summed E-state index contributed by atoms with van der Waals surface area (Å²) in [7, 11) is 1.48. The van der Waals surface area contributed by atoms with Gasteiger partial charge in [-0.3, -0.25) is 0 Å². The van der Waals surface area contributed by atoms with E-state index >= 15 is 0 Å². The van der Waals surface area contributed by atoms with Gasteiger partial charge in [-0.1, -0.05) is 30.3 Å². The molecule has 0 saturated carbocycles. The summed E-state index contributed by atoms with van der Waals surface area (Å²) >= 11 is 1.44. The van der Waals surface area contributed by atoms with Gasteiger partial charge in [0.1, 0.15) is 11.0 Å². The summed E-state index contributed by atoms with van der Waals surface area (Å²) in [6.45, 7) is 0. The number of carbonyl (C=O) groups is 1. The average molecular weight is 276 g/mol. The van der Waals surface area contributed by atoms with Gasteiger partial charge < -0.3 is 14.6 Å². The van der Waals surface area contributed by atoms with E-state index in [4.69, 9.17) is 4.74 Å². The highest BCUT2D eigenvalue weighted by atomic mass is 32.2. The normalized spacial score (nSPS) is 26.3. The minimum Gasteiger partial charge on any atom is -0.504 e. The molecule has 0 aliphatic heterocycles. The number of hydrogen-bond donors (Lipinski definition) is 1.